The van der Waals surface area contributed by atoms with E-state index in [1.54, 1.807) is 0 Å². The Morgan fingerprint density at radius 1 is 1.63 bits per heavy atom. The second-order valence-electron chi connectivity index (χ2n) is 4.51. The predicted molar refractivity (Wildman–Crippen MR) is 75.1 cm³/mol. The quantitative estimate of drug-likeness (QED) is 0.849. The molecule has 0 radical (unpaired) electrons. The number of aromatic nitrogens is 1. The second-order valence-corrected chi connectivity index (χ2v) is 7.16. The molecule has 1 aromatic rings. The molecule has 3 N–H and O–H groups in total. The molecule has 8 heteroatoms. The van der Waals surface area contributed by atoms with Gasteiger partial charge in [0.2, 0.25) is 10.0 Å². The molecular formula is C11H16BrN3O3S. The zero-order valence-corrected chi connectivity index (χ0v) is 12.9. The highest BCUT2D eigenvalue weighted by Crippen LogP contribution is 2.23. The van der Waals surface area contributed by atoms with Gasteiger partial charge in [0.05, 0.1) is 6.10 Å². The first-order valence-corrected chi connectivity index (χ1v) is 8.20. The maximum absolute atomic E-state index is 12.2. The van der Waals surface area contributed by atoms with E-state index in [0.29, 0.717) is 17.6 Å². The molecule has 2 heterocycles. The van der Waals surface area contributed by atoms with Crippen LogP contribution in [-0.2, 0) is 14.8 Å². The molecule has 19 heavy (non-hydrogen) atoms. The Balaban J connectivity index is 2.12. The summed E-state index contributed by atoms with van der Waals surface area (Å²) in [6.07, 6.45) is 2.39. The minimum absolute atomic E-state index is 0.00607. The van der Waals surface area contributed by atoms with Crippen molar-refractivity contribution in [2.24, 2.45) is 5.92 Å². The van der Waals surface area contributed by atoms with Crippen molar-refractivity contribution >= 4 is 31.8 Å². The summed E-state index contributed by atoms with van der Waals surface area (Å²) in [7, 11) is -3.65. The van der Waals surface area contributed by atoms with Crippen LogP contribution in [0.2, 0.25) is 0 Å². The largest absolute Gasteiger partial charge is 0.383 e. The number of anilines is 1. The summed E-state index contributed by atoms with van der Waals surface area (Å²) in [6.45, 7) is 2.96. The number of halogens is 1. The summed E-state index contributed by atoms with van der Waals surface area (Å²) >= 11 is 3.19. The smallest absolute Gasteiger partial charge is 0.244 e. The van der Waals surface area contributed by atoms with Gasteiger partial charge in [0.25, 0.3) is 0 Å². The van der Waals surface area contributed by atoms with E-state index in [1.807, 2.05) is 6.92 Å². The maximum Gasteiger partial charge on any atom is 0.244 e. The van der Waals surface area contributed by atoms with E-state index < -0.39 is 10.0 Å². The summed E-state index contributed by atoms with van der Waals surface area (Å²) in [5.74, 6) is 0.183. The van der Waals surface area contributed by atoms with Crippen LogP contribution < -0.4 is 10.5 Å². The predicted octanol–water partition coefficient (Wildman–Crippen LogP) is 1.13. The molecule has 0 bridgehead atoms. The SMILES string of the molecule is CC1OCCC1CNS(=O)(=O)c1cc(Br)cnc1N. The van der Waals surface area contributed by atoms with Gasteiger partial charge >= 0.3 is 0 Å². The van der Waals surface area contributed by atoms with Crippen molar-refractivity contribution in [3.8, 4) is 0 Å². The monoisotopic (exact) mass is 349 g/mol. The summed E-state index contributed by atoms with van der Waals surface area (Å²) in [4.78, 5) is 3.82. The van der Waals surface area contributed by atoms with Gasteiger partial charge in [-0.25, -0.2) is 18.1 Å². The molecule has 1 saturated heterocycles. The van der Waals surface area contributed by atoms with Gasteiger partial charge in [0, 0.05) is 29.7 Å². The van der Waals surface area contributed by atoms with E-state index in [0.717, 1.165) is 6.42 Å². The van der Waals surface area contributed by atoms with Crippen LogP contribution in [0.15, 0.2) is 21.6 Å². The molecule has 0 saturated carbocycles. The molecule has 2 rings (SSSR count). The lowest BCUT2D eigenvalue weighted by molar-refractivity contribution is 0.107. The Bertz CT molecular complexity index is 564. The van der Waals surface area contributed by atoms with Gasteiger partial charge in [0.1, 0.15) is 10.7 Å². The lowest BCUT2D eigenvalue weighted by Gasteiger charge is -2.15. The Labute approximate surface area is 120 Å². The van der Waals surface area contributed by atoms with E-state index in [-0.39, 0.29) is 22.7 Å². The van der Waals surface area contributed by atoms with Gasteiger partial charge < -0.3 is 10.5 Å². The van der Waals surface area contributed by atoms with Crippen LogP contribution in [0.4, 0.5) is 5.82 Å². The Hall–Kier alpha value is -0.700. The number of nitrogens with one attached hydrogen (secondary N) is 1. The Morgan fingerprint density at radius 2 is 2.37 bits per heavy atom. The van der Waals surface area contributed by atoms with E-state index >= 15 is 0 Å². The van der Waals surface area contributed by atoms with E-state index in [2.05, 4.69) is 25.6 Å². The second kappa shape index (κ2) is 5.74. The normalized spacial score (nSPS) is 23.7. The highest BCUT2D eigenvalue weighted by molar-refractivity contribution is 9.10. The zero-order chi connectivity index (χ0) is 14.0. The fraction of sp³-hybridized carbons (Fsp3) is 0.545. The number of nitrogens with two attached hydrogens (primary N) is 1. The first-order valence-electron chi connectivity index (χ1n) is 5.92. The highest BCUT2D eigenvalue weighted by atomic mass is 79.9. The third-order valence-electron chi connectivity index (χ3n) is 3.21. The van der Waals surface area contributed by atoms with E-state index in [1.165, 1.54) is 12.3 Å². The summed E-state index contributed by atoms with van der Waals surface area (Å²) in [5, 5.41) is 0. The first kappa shape index (κ1) is 14.7. The Kier molecular flexibility index (Phi) is 4.44. The van der Waals surface area contributed by atoms with Crippen molar-refractivity contribution in [3.05, 3.63) is 16.7 Å². The van der Waals surface area contributed by atoms with Crippen molar-refractivity contribution in [2.75, 3.05) is 18.9 Å². The summed E-state index contributed by atoms with van der Waals surface area (Å²) < 4.78 is 32.9. The molecule has 1 aliphatic rings. The molecule has 1 aromatic heterocycles. The van der Waals surface area contributed by atoms with Crippen molar-refractivity contribution < 1.29 is 13.2 Å². The van der Waals surface area contributed by atoms with Crippen LogP contribution in [-0.4, -0.2) is 32.7 Å². The first-order chi connectivity index (χ1) is 8.90. The maximum atomic E-state index is 12.2. The molecule has 1 aliphatic heterocycles. The number of pyridine rings is 1. The molecule has 0 aliphatic carbocycles. The average Bonchev–Trinajstić information content (AvgIpc) is 2.75. The number of hydrogen-bond acceptors (Lipinski definition) is 5. The van der Waals surface area contributed by atoms with E-state index in [4.69, 9.17) is 10.5 Å². The van der Waals surface area contributed by atoms with Gasteiger partial charge in [-0.2, -0.15) is 0 Å². The molecule has 6 nitrogen and oxygen atoms in total. The molecule has 0 amide bonds. The number of nitrogen functional groups attached to an aromatic ring is 1. The topological polar surface area (TPSA) is 94.3 Å². The zero-order valence-electron chi connectivity index (χ0n) is 10.5. The van der Waals surface area contributed by atoms with Crippen molar-refractivity contribution in [1.82, 2.24) is 9.71 Å². The molecular weight excluding hydrogens is 334 g/mol. The van der Waals surface area contributed by atoms with Crippen LogP contribution in [0.1, 0.15) is 13.3 Å². The molecule has 0 aromatic carbocycles. The van der Waals surface area contributed by atoms with Gasteiger partial charge in [-0.1, -0.05) is 0 Å². The third kappa shape index (κ3) is 3.44. The number of hydrogen-bond donors (Lipinski definition) is 2. The number of rotatable bonds is 4. The van der Waals surface area contributed by atoms with E-state index in [9.17, 15) is 8.42 Å². The lowest BCUT2D eigenvalue weighted by atomic mass is 10.0. The molecule has 106 valence electrons. The standard InChI is InChI=1S/C11H16BrN3O3S/c1-7-8(2-3-18-7)5-15-19(16,17)10-4-9(12)6-14-11(10)13/h4,6-8,15H,2-3,5H2,1H3,(H2,13,14). The van der Waals surface area contributed by atoms with Crippen LogP contribution >= 0.6 is 15.9 Å². The summed E-state index contributed by atoms with van der Waals surface area (Å²) in [5.41, 5.74) is 5.61. The number of ether oxygens (including phenoxy) is 1. The minimum Gasteiger partial charge on any atom is -0.383 e. The molecule has 2 atom stereocenters. The molecule has 2 unspecified atom stereocenters. The van der Waals surface area contributed by atoms with Crippen LogP contribution in [0.25, 0.3) is 0 Å². The van der Waals surface area contributed by atoms with Gasteiger partial charge in [0.15, 0.2) is 0 Å². The summed E-state index contributed by atoms with van der Waals surface area (Å²) in [6, 6.07) is 1.44. The van der Waals surface area contributed by atoms with Gasteiger partial charge in [-0.05, 0) is 35.3 Å². The van der Waals surface area contributed by atoms with Gasteiger partial charge in [-0.3, -0.25) is 0 Å². The minimum atomic E-state index is -3.65. The average molecular weight is 350 g/mol. The van der Waals surface area contributed by atoms with Crippen molar-refractivity contribution in [3.63, 3.8) is 0 Å². The van der Waals surface area contributed by atoms with Crippen molar-refractivity contribution in [1.29, 1.82) is 0 Å². The van der Waals surface area contributed by atoms with Crippen LogP contribution in [0.3, 0.4) is 0 Å². The fourth-order valence-corrected chi connectivity index (χ4v) is 3.67. The Morgan fingerprint density at radius 3 is 3.00 bits per heavy atom. The van der Waals surface area contributed by atoms with Crippen molar-refractivity contribution in [2.45, 2.75) is 24.3 Å². The van der Waals surface area contributed by atoms with Gasteiger partial charge in [-0.15, -0.1) is 0 Å². The van der Waals surface area contributed by atoms with Crippen LogP contribution in [0.5, 0.6) is 0 Å². The van der Waals surface area contributed by atoms with Crippen LogP contribution in [0, 0.1) is 5.92 Å². The molecule has 0 spiro atoms. The molecule has 1 fully saturated rings. The number of nitrogens with zero attached hydrogens (tertiary/aromatic N) is 1. The highest BCUT2D eigenvalue weighted by Gasteiger charge is 2.27. The fourth-order valence-electron chi connectivity index (χ4n) is 1.99. The lowest BCUT2D eigenvalue weighted by Crippen LogP contribution is -2.32. The number of sulfonamides is 1. The third-order valence-corrected chi connectivity index (χ3v) is 5.09.